The number of hydrogen-bond donors (Lipinski definition) is 1. The number of sulfonamides is 1. The normalized spacial score (nSPS) is 8.29. The molecule has 0 spiro atoms. The van der Waals surface area contributed by atoms with E-state index in [0.717, 1.165) is 6.26 Å². The second kappa shape index (κ2) is 5.34. The van der Waals surface area contributed by atoms with Crippen LogP contribution in [-0.4, -0.2) is 14.7 Å². The standard InChI is InChI=1S/CH5NO2S.ClH.Na/c1-5(2,3)4;;/h1H3,(H2,2,3,4);1H;/q;;+1/p-1. The summed E-state index contributed by atoms with van der Waals surface area (Å²) in [6, 6.07) is 0. The van der Waals surface area contributed by atoms with Crippen LogP contribution < -0.4 is 47.1 Å². The molecule has 0 amide bonds. The molecule has 0 atom stereocenters. The van der Waals surface area contributed by atoms with Crippen LogP contribution in [0.5, 0.6) is 0 Å². The van der Waals surface area contributed by atoms with Gasteiger partial charge in [-0.3, -0.25) is 0 Å². The Kier molecular flexibility index (Phi) is 12.0. The van der Waals surface area contributed by atoms with Crippen molar-refractivity contribution >= 4 is 10.0 Å². The van der Waals surface area contributed by atoms with E-state index in [9.17, 15) is 8.42 Å². The predicted octanol–water partition coefficient (Wildman–Crippen LogP) is -7.09. The zero-order valence-electron chi connectivity index (χ0n) is 4.18. The molecule has 7 heavy (non-hydrogen) atoms. The van der Waals surface area contributed by atoms with Crippen LogP contribution in [0.15, 0.2) is 0 Å². The Labute approximate surface area is 71.4 Å². The first-order valence-corrected chi connectivity index (χ1v) is 2.93. The third-order valence-electron chi connectivity index (χ3n) is 0. The Hall–Kier alpha value is 1.20. The second-order valence-corrected chi connectivity index (χ2v) is 2.49. The average molecular weight is 154 g/mol. The van der Waals surface area contributed by atoms with E-state index >= 15 is 0 Å². The molecule has 0 saturated heterocycles. The van der Waals surface area contributed by atoms with Gasteiger partial charge in [-0.05, 0) is 0 Å². The predicted molar refractivity (Wildman–Crippen MR) is 19.0 cm³/mol. The molecule has 0 aliphatic carbocycles. The van der Waals surface area contributed by atoms with E-state index in [2.05, 4.69) is 5.14 Å². The van der Waals surface area contributed by atoms with Crippen LogP contribution in [0.1, 0.15) is 0 Å². The molecule has 0 saturated carbocycles. The minimum absolute atomic E-state index is 0. The molecule has 40 valence electrons. The van der Waals surface area contributed by atoms with E-state index in [1.54, 1.807) is 0 Å². The Morgan fingerprint density at radius 2 is 1.43 bits per heavy atom. The monoisotopic (exact) mass is 153 g/mol. The molecule has 0 aromatic rings. The van der Waals surface area contributed by atoms with Crippen molar-refractivity contribution in [2.45, 2.75) is 0 Å². The number of primary sulfonamides is 1. The fraction of sp³-hybridized carbons (Fsp3) is 1.00. The van der Waals surface area contributed by atoms with Gasteiger partial charge in [0.15, 0.2) is 0 Å². The van der Waals surface area contributed by atoms with E-state index in [4.69, 9.17) is 0 Å². The van der Waals surface area contributed by atoms with Crippen LogP contribution in [0.2, 0.25) is 0 Å². The Morgan fingerprint density at radius 3 is 1.43 bits per heavy atom. The van der Waals surface area contributed by atoms with E-state index in [-0.39, 0.29) is 42.0 Å². The molecule has 0 aromatic heterocycles. The summed E-state index contributed by atoms with van der Waals surface area (Å²) in [5.74, 6) is 0. The minimum atomic E-state index is -3.17. The van der Waals surface area contributed by atoms with Crippen molar-refractivity contribution in [3.05, 3.63) is 0 Å². The summed E-state index contributed by atoms with van der Waals surface area (Å²) >= 11 is 0. The zero-order valence-corrected chi connectivity index (χ0v) is 7.75. The van der Waals surface area contributed by atoms with Gasteiger partial charge in [0.2, 0.25) is 10.0 Å². The summed E-state index contributed by atoms with van der Waals surface area (Å²) in [4.78, 5) is 0. The van der Waals surface area contributed by atoms with E-state index in [1.807, 2.05) is 0 Å². The van der Waals surface area contributed by atoms with Crippen LogP contribution in [-0.2, 0) is 10.0 Å². The van der Waals surface area contributed by atoms with Gasteiger partial charge >= 0.3 is 29.6 Å². The summed E-state index contributed by atoms with van der Waals surface area (Å²) in [5.41, 5.74) is 0. The molecule has 0 aliphatic heterocycles. The average Bonchev–Trinajstić information content (AvgIpc) is 0.722. The maximum absolute atomic E-state index is 9.41. The minimum Gasteiger partial charge on any atom is -1.00 e. The van der Waals surface area contributed by atoms with Gasteiger partial charge in [-0.25, -0.2) is 13.6 Å². The summed E-state index contributed by atoms with van der Waals surface area (Å²) in [6.45, 7) is 0. The molecule has 0 heterocycles. The summed E-state index contributed by atoms with van der Waals surface area (Å²) < 4.78 is 18.8. The van der Waals surface area contributed by atoms with Crippen molar-refractivity contribution in [2.24, 2.45) is 5.14 Å². The van der Waals surface area contributed by atoms with E-state index in [1.165, 1.54) is 0 Å². The van der Waals surface area contributed by atoms with Crippen molar-refractivity contribution in [1.82, 2.24) is 0 Å². The fourth-order valence-corrected chi connectivity index (χ4v) is 0. The molecule has 0 radical (unpaired) electrons. The molecular formula is CH5ClNNaO2S. The van der Waals surface area contributed by atoms with Gasteiger partial charge in [0.25, 0.3) is 0 Å². The summed E-state index contributed by atoms with van der Waals surface area (Å²) in [5, 5.41) is 4.33. The van der Waals surface area contributed by atoms with Gasteiger partial charge in [-0.1, -0.05) is 0 Å². The van der Waals surface area contributed by atoms with Crippen LogP contribution in [0, 0.1) is 0 Å². The third-order valence-corrected chi connectivity index (χ3v) is 0. The SMILES string of the molecule is CS(N)(=O)=O.[Cl-].[Na+]. The van der Waals surface area contributed by atoms with Gasteiger partial charge in [0.05, 0.1) is 6.26 Å². The zero-order chi connectivity index (χ0) is 4.50. The number of halogens is 1. The van der Waals surface area contributed by atoms with E-state index < -0.39 is 10.0 Å². The number of nitrogens with two attached hydrogens (primary N) is 1. The van der Waals surface area contributed by atoms with Crippen LogP contribution >= 0.6 is 0 Å². The quantitative estimate of drug-likeness (QED) is 0.352. The van der Waals surface area contributed by atoms with Crippen LogP contribution in [0.25, 0.3) is 0 Å². The van der Waals surface area contributed by atoms with Gasteiger partial charge in [-0.15, -0.1) is 0 Å². The maximum Gasteiger partial charge on any atom is 1.00 e. The maximum atomic E-state index is 9.41. The molecular weight excluding hydrogens is 149 g/mol. The van der Waals surface area contributed by atoms with Gasteiger partial charge in [-0.2, -0.15) is 0 Å². The number of hydrogen-bond acceptors (Lipinski definition) is 2. The summed E-state index contributed by atoms with van der Waals surface area (Å²) in [7, 11) is -3.17. The van der Waals surface area contributed by atoms with Crippen LogP contribution in [0.4, 0.5) is 0 Å². The molecule has 3 nitrogen and oxygen atoms in total. The molecule has 2 N–H and O–H groups in total. The Bertz CT molecular complexity index is 101. The molecule has 0 aromatic carbocycles. The van der Waals surface area contributed by atoms with Gasteiger partial charge in [0, 0.05) is 0 Å². The first-order valence-electron chi connectivity index (χ1n) is 0.977. The fourth-order valence-electron chi connectivity index (χ4n) is 0. The van der Waals surface area contributed by atoms with Crippen LogP contribution in [0.3, 0.4) is 0 Å². The molecule has 0 aliphatic rings. The number of rotatable bonds is 0. The Morgan fingerprint density at radius 1 is 1.43 bits per heavy atom. The van der Waals surface area contributed by atoms with Crippen molar-refractivity contribution in [3.8, 4) is 0 Å². The largest absolute Gasteiger partial charge is 1.00 e. The molecule has 0 rings (SSSR count). The first kappa shape index (κ1) is 15.7. The van der Waals surface area contributed by atoms with Gasteiger partial charge < -0.3 is 12.4 Å². The summed E-state index contributed by atoms with van der Waals surface area (Å²) in [6.07, 6.45) is 0.938. The van der Waals surface area contributed by atoms with Crippen molar-refractivity contribution < 1.29 is 50.4 Å². The van der Waals surface area contributed by atoms with Crippen molar-refractivity contribution in [2.75, 3.05) is 6.26 Å². The molecule has 0 unspecified atom stereocenters. The second-order valence-electron chi connectivity index (χ2n) is 0.830. The van der Waals surface area contributed by atoms with Crippen molar-refractivity contribution in [1.29, 1.82) is 0 Å². The molecule has 6 heteroatoms. The molecule has 0 bridgehead atoms. The first-order chi connectivity index (χ1) is 2.00. The van der Waals surface area contributed by atoms with Crippen molar-refractivity contribution in [3.63, 3.8) is 0 Å². The van der Waals surface area contributed by atoms with E-state index in [0.29, 0.717) is 0 Å². The Balaban J connectivity index is -0.0000000800. The smallest absolute Gasteiger partial charge is 1.00 e. The topological polar surface area (TPSA) is 60.2 Å². The molecule has 0 fully saturated rings. The van der Waals surface area contributed by atoms with Gasteiger partial charge in [0.1, 0.15) is 0 Å². The third kappa shape index (κ3) is 135.